The zero-order chi connectivity index (χ0) is 18.8. The highest BCUT2D eigenvalue weighted by atomic mass is 32.1. The van der Waals surface area contributed by atoms with Crippen LogP contribution < -0.4 is 4.80 Å². The highest BCUT2D eigenvalue weighted by Crippen LogP contribution is 2.26. The number of rotatable bonds is 4. The standard InChI is InChI=1S/C21H17N3O2S/c1-2-23-20(17-11-10-15-6-3-4-7-16(15)12-17)14-27-21(23)22-18-8-5-9-19(13-18)24(25)26/h3-14H,2H2,1H3. The zero-order valence-electron chi connectivity index (χ0n) is 14.7. The monoisotopic (exact) mass is 375 g/mol. The van der Waals surface area contributed by atoms with E-state index in [1.165, 1.54) is 34.2 Å². The Kier molecular flexibility index (Phi) is 4.56. The van der Waals surface area contributed by atoms with Gasteiger partial charge in [0.15, 0.2) is 4.80 Å². The maximum absolute atomic E-state index is 11.0. The molecule has 0 aliphatic heterocycles. The van der Waals surface area contributed by atoms with E-state index < -0.39 is 4.92 Å². The van der Waals surface area contributed by atoms with Gasteiger partial charge in [0.2, 0.25) is 0 Å². The number of nitro benzene ring substituents is 1. The molecule has 0 bridgehead atoms. The van der Waals surface area contributed by atoms with E-state index in [-0.39, 0.29) is 5.69 Å². The molecule has 0 radical (unpaired) electrons. The maximum atomic E-state index is 11.0. The van der Waals surface area contributed by atoms with Crippen LogP contribution in [0.1, 0.15) is 6.92 Å². The Labute approximate surface area is 160 Å². The number of benzene rings is 3. The molecular weight excluding hydrogens is 358 g/mol. The molecule has 134 valence electrons. The Bertz CT molecular complexity index is 1210. The SMILES string of the molecule is CCn1c(-c2ccc3ccccc3c2)csc1=Nc1cccc([N+](=O)[O-])c1. The van der Waals surface area contributed by atoms with Gasteiger partial charge in [0.05, 0.1) is 16.3 Å². The normalized spacial score (nSPS) is 11.8. The second-order valence-corrected chi connectivity index (χ2v) is 6.94. The summed E-state index contributed by atoms with van der Waals surface area (Å²) in [6.07, 6.45) is 0. The third-order valence-corrected chi connectivity index (χ3v) is 5.29. The Hall–Kier alpha value is -3.25. The molecule has 6 heteroatoms. The predicted molar refractivity (Wildman–Crippen MR) is 109 cm³/mol. The van der Waals surface area contributed by atoms with Gasteiger partial charge in [-0.25, -0.2) is 4.99 Å². The van der Waals surface area contributed by atoms with Crippen molar-refractivity contribution in [3.05, 3.63) is 87.0 Å². The number of hydrogen-bond acceptors (Lipinski definition) is 4. The lowest BCUT2D eigenvalue weighted by atomic mass is 10.1. The predicted octanol–water partition coefficient (Wildman–Crippen LogP) is 5.53. The van der Waals surface area contributed by atoms with E-state index in [0.717, 1.165) is 22.6 Å². The molecule has 4 rings (SSSR count). The molecule has 1 aromatic heterocycles. The van der Waals surface area contributed by atoms with Crippen molar-refractivity contribution in [3.8, 4) is 11.3 Å². The Balaban J connectivity index is 1.81. The molecule has 0 spiro atoms. The van der Waals surface area contributed by atoms with Gasteiger partial charge < -0.3 is 4.57 Å². The summed E-state index contributed by atoms with van der Waals surface area (Å²) in [5, 5.41) is 15.5. The summed E-state index contributed by atoms with van der Waals surface area (Å²) in [6, 6.07) is 21.1. The summed E-state index contributed by atoms with van der Waals surface area (Å²) < 4.78 is 2.13. The van der Waals surface area contributed by atoms with Crippen molar-refractivity contribution < 1.29 is 4.92 Å². The average Bonchev–Trinajstić information content (AvgIpc) is 3.10. The first-order chi connectivity index (χ1) is 13.2. The van der Waals surface area contributed by atoms with Crippen molar-refractivity contribution >= 4 is 33.5 Å². The van der Waals surface area contributed by atoms with Crippen molar-refractivity contribution in [1.82, 2.24) is 4.57 Å². The van der Waals surface area contributed by atoms with Gasteiger partial charge in [-0.05, 0) is 35.4 Å². The number of nitro groups is 1. The molecular formula is C21H17N3O2S. The van der Waals surface area contributed by atoms with Gasteiger partial charge in [-0.1, -0.05) is 42.5 Å². The Morgan fingerprint density at radius 1 is 1.04 bits per heavy atom. The molecule has 3 aromatic carbocycles. The molecule has 27 heavy (non-hydrogen) atoms. The summed E-state index contributed by atoms with van der Waals surface area (Å²) in [5.74, 6) is 0. The highest BCUT2D eigenvalue weighted by Gasteiger charge is 2.09. The summed E-state index contributed by atoms with van der Waals surface area (Å²) in [7, 11) is 0. The molecule has 0 saturated heterocycles. The van der Waals surface area contributed by atoms with E-state index in [1.807, 2.05) is 12.1 Å². The fourth-order valence-corrected chi connectivity index (χ4v) is 4.08. The minimum Gasteiger partial charge on any atom is -0.317 e. The smallest absolute Gasteiger partial charge is 0.271 e. The van der Waals surface area contributed by atoms with E-state index >= 15 is 0 Å². The lowest BCUT2D eigenvalue weighted by molar-refractivity contribution is -0.384. The van der Waals surface area contributed by atoms with Gasteiger partial charge in [0, 0.05) is 24.1 Å². The Morgan fingerprint density at radius 2 is 1.85 bits per heavy atom. The van der Waals surface area contributed by atoms with Crippen molar-refractivity contribution in [3.63, 3.8) is 0 Å². The molecule has 0 saturated carbocycles. The van der Waals surface area contributed by atoms with Crippen molar-refractivity contribution in [2.24, 2.45) is 4.99 Å². The van der Waals surface area contributed by atoms with Crippen LogP contribution in [0, 0.1) is 10.1 Å². The molecule has 0 fully saturated rings. The third kappa shape index (κ3) is 3.39. The molecule has 1 heterocycles. The summed E-state index contributed by atoms with van der Waals surface area (Å²) in [6.45, 7) is 2.84. The van der Waals surface area contributed by atoms with Crippen LogP contribution in [0.4, 0.5) is 11.4 Å². The van der Waals surface area contributed by atoms with E-state index in [0.29, 0.717) is 5.69 Å². The number of hydrogen-bond donors (Lipinski definition) is 0. The van der Waals surface area contributed by atoms with E-state index in [9.17, 15) is 10.1 Å². The van der Waals surface area contributed by atoms with Crippen LogP contribution in [-0.4, -0.2) is 9.49 Å². The van der Waals surface area contributed by atoms with Crippen LogP contribution in [-0.2, 0) is 6.54 Å². The second kappa shape index (κ2) is 7.17. The molecule has 0 amide bonds. The summed E-state index contributed by atoms with van der Waals surface area (Å²) >= 11 is 1.54. The number of aromatic nitrogens is 1. The largest absolute Gasteiger partial charge is 0.317 e. The molecule has 0 atom stereocenters. The van der Waals surface area contributed by atoms with Gasteiger partial charge in [-0.2, -0.15) is 0 Å². The first-order valence-corrected chi connectivity index (χ1v) is 9.50. The van der Waals surface area contributed by atoms with Crippen LogP contribution in [0.15, 0.2) is 77.1 Å². The first-order valence-electron chi connectivity index (χ1n) is 8.62. The average molecular weight is 375 g/mol. The summed E-state index contributed by atoms with van der Waals surface area (Å²) in [4.78, 5) is 16.0. The summed E-state index contributed by atoms with van der Waals surface area (Å²) in [5.41, 5.74) is 2.86. The van der Waals surface area contributed by atoms with Crippen molar-refractivity contribution in [1.29, 1.82) is 0 Å². The second-order valence-electron chi connectivity index (χ2n) is 6.10. The molecule has 0 N–H and O–H groups in total. The van der Waals surface area contributed by atoms with Gasteiger partial charge in [0.1, 0.15) is 0 Å². The lowest BCUT2D eigenvalue weighted by Crippen LogP contribution is -2.14. The highest BCUT2D eigenvalue weighted by molar-refractivity contribution is 7.07. The van der Waals surface area contributed by atoms with Crippen LogP contribution in [0.25, 0.3) is 22.0 Å². The van der Waals surface area contributed by atoms with Gasteiger partial charge in [0.25, 0.3) is 5.69 Å². The van der Waals surface area contributed by atoms with Crippen molar-refractivity contribution in [2.45, 2.75) is 13.5 Å². The fraction of sp³-hybridized carbons (Fsp3) is 0.0952. The number of non-ortho nitro benzene ring substituents is 1. The van der Waals surface area contributed by atoms with Crippen LogP contribution in [0.5, 0.6) is 0 Å². The molecule has 0 aliphatic carbocycles. The quantitative estimate of drug-likeness (QED) is 0.348. The van der Waals surface area contributed by atoms with Gasteiger partial charge in [-0.15, -0.1) is 11.3 Å². The maximum Gasteiger partial charge on any atom is 0.271 e. The lowest BCUT2D eigenvalue weighted by Gasteiger charge is -2.07. The van der Waals surface area contributed by atoms with Crippen molar-refractivity contribution in [2.75, 3.05) is 0 Å². The van der Waals surface area contributed by atoms with E-state index in [4.69, 9.17) is 0 Å². The Morgan fingerprint density at radius 3 is 2.63 bits per heavy atom. The minimum absolute atomic E-state index is 0.0469. The number of thiazole rings is 1. The van der Waals surface area contributed by atoms with Gasteiger partial charge in [-0.3, -0.25) is 10.1 Å². The third-order valence-electron chi connectivity index (χ3n) is 4.42. The molecule has 0 aliphatic rings. The number of nitrogens with zero attached hydrogens (tertiary/aromatic N) is 3. The van der Waals surface area contributed by atoms with Gasteiger partial charge >= 0.3 is 0 Å². The molecule has 5 nitrogen and oxygen atoms in total. The number of fused-ring (bicyclic) bond motifs is 1. The molecule has 4 aromatic rings. The van der Waals surface area contributed by atoms with Crippen LogP contribution in [0.2, 0.25) is 0 Å². The van der Waals surface area contributed by atoms with E-state index in [1.54, 1.807) is 12.1 Å². The first kappa shape index (κ1) is 17.2. The minimum atomic E-state index is -0.401. The van der Waals surface area contributed by atoms with Crippen LogP contribution in [0.3, 0.4) is 0 Å². The fourth-order valence-electron chi connectivity index (χ4n) is 3.09. The van der Waals surface area contributed by atoms with E-state index in [2.05, 4.69) is 52.2 Å². The zero-order valence-corrected chi connectivity index (χ0v) is 15.5. The topological polar surface area (TPSA) is 60.4 Å². The van der Waals surface area contributed by atoms with Crippen LogP contribution >= 0.6 is 11.3 Å². The molecule has 0 unspecified atom stereocenters.